The Morgan fingerprint density at radius 3 is 2.88 bits per heavy atom. The molecule has 9 heteroatoms. The number of anilines is 1. The number of hydrogen-bond donors (Lipinski definition) is 0. The molecule has 1 fully saturated rings. The zero-order valence-corrected chi connectivity index (χ0v) is 14.8. The van der Waals surface area contributed by atoms with E-state index in [1.54, 1.807) is 11.0 Å². The third-order valence-corrected chi connectivity index (χ3v) is 4.30. The van der Waals surface area contributed by atoms with Gasteiger partial charge in [-0.3, -0.25) is 9.48 Å². The van der Waals surface area contributed by atoms with Crippen molar-refractivity contribution in [1.29, 1.82) is 0 Å². The average Bonchev–Trinajstić information content (AvgIpc) is 3.23. The van der Waals surface area contributed by atoms with Crippen LogP contribution in [-0.2, 0) is 11.3 Å². The van der Waals surface area contributed by atoms with E-state index in [-0.39, 0.29) is 11.8 Å². The van der Waals surface area contributed by atoms with Crippen LogP contribution in [0.2, 0.25) is 0 Å². The van der Waals surface area contributed by atoms with Gasteiger partial charge in [0.2, 0.25) is 11.8 Å². The number of rotatable bonds is 6. The molecule has 0 aliphatic carbocycles. The summed E-state index contributed by atoms with van der Waals surface area (Å²) in [5.74, 6) is 1.69. The van der Waals surface area contributed by atoms with Gasteiger partial charge in [-0.1, -0.05) is 13.8 Å². The van der Waals surface area contributed by atoms with E-state index in [4.69, 9.17) is 4.52 Å². The summed E-state index contributed by atoms with van der Waals surface area (Å²) in [6.07, 6.45) is 5.38. The fraction of sp³-hybridized carbons (Fsp3) is 0.688. The average molecular weight is 347 g/mol. The molecule has 0 bridgehead atoms. The van der Waals surface area contributed by atoms with Crippen molar-refractivity contribution >= 4 is 11.9 Å². The van der Waals surface area contributed by atoms with Crippen LogP contribution in [0.3, 0.4) is 0 Å². The van der Waals surface area contributed by atoms with Gasteiger partial charge in [-0.15, -0.1) is 0 Å². The van der Waals surface area contributed by atoms with Crippen molar-refractivity contribution in [2.45, 2.75) is 45.6 Å². The number of carbonyl (C=O) groups excluding carboxylic acids is 1. The van der Waals surface area contributed by atoms with Gasteiger partial charge >= 0.3 is 0 Å². The van der Waals surface area contributed by atoms with Crippen LogP contribution in [0.25, 0.3) is 0 Å². The first-order valence-electron chi connectivity index (χ1n) is 8.82. The lowest BCUT2D eigenvalue weighted by molar-refractivity contribution is -0.131. The second-order valence-electron chi connectivity index (χ2n) is 6.57. The minimum absolute atomic E-state index is 0.193. The fourth-order valence-electron chi connectivity index (χ4n) is 2.86. The van der Waals surface area contributed by atoms with E-state index in [2.05, 4.69) is 25.1 Å². The Labute approximate surface area is 147 Å². The Morgan fingerprint density at radius 2 is 2.16 bits per heavy atom. The largest absolute Gasteiger partial charge is 0.341 e. The number of nitrogens with zero attached hydrogens (tertiary/aromatic N) is 7. The number of hydrogen-bond acceptors (Lipinski definition) is 7. The molecule has 1 aliphatic rings. The molecule has 0 saturated carbocycles. The molecular weight excluding hydrogens is 322 g/mol. The molecular formula is C16H25N7O2. The lowest BCUT2D eigenvalue weighted by Crippen LogP contribution is -2.35. The van der Waals surface area contributed by atoms with Crippen molar-refractivity contribution < 1.29 is 9.32 Å². The zero-order valence-electron chi connectivity index (χ0n) is 14.8. The maximum Gasteiger partial charge on any atom is 0.266 e. The molecule has 2 aromatic heterocycles. The molecule has 1 saturated heterocycles. The van der Waals surface area contributed by atoms with Crippen LogP contribution in [0.5, 0.6) is 0 Å². The van der Waals surface area contributed by atoms with Crippen LogP contribution >= 0.6 is 0 Å². The first-order chi connectivity index (χ1) is 12.1. The van der Waals surface area contributed by atoms with Crippen LogP contribution in [0, 0.1) is 0 Å². The lowest BCUT2D eigenvalue weighted by atomic mass is 10.2. The summed E-state index contributed by atoms with van der Waals surface area (Å²) < 4.78 is 7.04. The van der Waals surface area contributed by atoms with Crippen LogP contribution in [0.4, 0.5) is 5.95 Å². The third kappa shape index (κ3) is 4.55. The highest BCUT2D eigenvalue weighted by molar-refractivity contribution is 5.76. The quantitative estimate of drug-likeness (QED) is 0.777. The number of aromatic nitrogens is 5. The number of amides is 1. The van der Waals surface area contributed by atoms with Gasteiger partial charge < -0.3 is 14.3 Å². The maximum absolute atomic E-state index is 12.4. The van der Waals surface area contributed by atoms with Crippen LogP contribution < -0.4 is 4.90 Å². The molecule has 1 amide bonds. The molecule has 136 valence electrons. The standard InChI is InChI=1S/C16H25N7O2/c1-13(2)15-19-16(20-25-15)22-7-4-6-21(9-10-22)14(24)5-3-8-23-12-17-11-18-23/h11-13H,3-10H2,1-2H3. The molecule has 9 nitrogen and oxygen atoms in total. The minimum Gasteiger partial charge on any atom is -0.341 e. The molecule has 0 N–H and O–H groups in total. The highest BCUT2D eigenvalue weighted by atomic mass is 16.5. The summed E-state index contributed by atoms with van der Waals surface area (Å²) in [6.45, 7) is 7.79. The normalized spacial score (nSPS) is 15.6. The van der Waals surface area contributed by atoms with Gasteiger partial charge in [-0.05, 0) is 18.0 Å². The van der Waals surface area contributed by atoms with E-state index in [1.165, 1.54) is 6.33 Å². The van der Waals surface area contributed by atoms with E-state index >= 15 is 0 Å². The number of aryl methyl sites for hydroxylation is 1. The SMILES string of the molecule is CC(C)c1nc(N2CCCN(C(=O)CCCn3cncn3)CC2)no1. The Hall–Kier alpha value is -2.45. The molecule has 3 heterocycles. The van der Waals surface area contributed by atoms with E-state index in [0.29, 0.717) is 31.3 Å². The summed E-state index contributed by atoms with van der Waals surface area (Å²) in [5, 5.41) is 8.12. The maximum atomic E-state index is 12.4. The second-order valence-corrected chi connectivity index (χ2v) is 6.57. The van der Waals surface area contributed by atoms with Crippen LogP contribution in [0.1, 0.15) is 44.9 Å². The fourth-order valence-corrected chi connectivity index (χ4v) is 2.86. The van der Waals surface area contributed by atoms with Gasteiger partial charge in [0.25, 0.3) is 5.95 Å². The topological polar surface area (TPSA) is 93.2 Å². The Kier molecular flexibility index (Phi) is 5.62. The summed E-state index contributed by atoms with van der Waals surface area (Å²) in [7, 11) is 0. The van der Waals surface area contributed by atoms with Crippen LogP contribution in [-0.4, -0.2) is 61.9 Å². The van der Waals surface area contributed by atoms with E-state index in [1.807, 2.05) is 18.7 Å². The first kappa shape index (κ1) is 17.4. The van der Waals surface area contributed by atoms with E-state index in [0.717, 1.165) is 32.5 Å². The summed E-state index contributed by atoms with van der Waals surface area (Å²) in [5.41, 5.74) is 0. The predicted molar refractivity (Wildman–Crippen MR) is 91.1 cm³/mol. The monoisotopic (exact) mass is 347 g/mol. The smallest absolute Gasteiger partial charge is 0.266 e. The Morgan fingerprint density at radius 1 is 1.28 bits per heavy atom. The van der Waals surface area contributed by atoms with E-state index < -0.39 is 0 Å². The van der Waals surface area contributed by atoms with Gasteiger partial charge in [0.15, 0.2) is 0 Å². The minimum atomic E-state index is 0.193. The molecule has 3 rings (SSSR count). The highest BCUT2D eigenvalue weighted by Crippen LogP contribution is 2.18. The van der Waals surface area contributed by atoms with Crippen molar-refractivity contribution in [3.63, 3.8) is 0 Å². The van der Waals surface area contributed by atoms with Crippen molar-refractivity contribution in [2.75, 3.05) is 31.1 Å². The van der Waals surface area contributed by atoms with Gasteiger partial charge in [0, 0.05) is 45.1 Å². The highest BCUT2D eigenvalue weighted by Gasteiger charge is 2.22. The summed E-state index contributed by atoms with van der Waals surface area (Å²) in [6, 6.07) is 0. The molecule has 0 radical (unpaired) electrons. The van der Waals surface area contributed by atoms with E-state index in [9.17, 15) is 4.79 Å². The first-order valence-corrected chi connectivity index (χ1v) is 8.82. The van der Waals surface area contributed by atoms with Gasteiger partial charge in [0.1, 0.15) is 12.7 Å². The molecule has 0 unspecified atom stereocenters. The molecule has 1 aliphatic heterocycles. The zero-order chi connectivity index (χ0) is 17.6. The van der Waals surface area contributed by atoms with Crippen molar-refractivity contribution in [3.05, 3.63) is 18.5 Å². The predicted octanol–water partition coefficient (Wildman–Crippen LogP) is 1.30. The second kappa shape index (κ2) is 8.09. The third-order valence-electron chi connectivity index (χ3n) is 4.30. The number of carbonyl (C=O) groups is 1. The molecule has 25 heavy (non-hydrogen) atoms. The Balaban J connectivity index is 1.47. The summed E-state index contributed by atoms with van der Waals surface area (Å²) >= 11 is 0. The van der Waals surface area contributed by atoms with Gasteiger partial charge in [-0.25, -0.2) is 4.98 Å². The van der Waals surface area contributed by atoms with Crippen LogP contribution in [0.15, 0.2) is 17.2 Å². The van der Waals surface area contributed by atoms with Gasteiger partial charge in [0.05, 0.1) is 0 Å². The van der Waals surface area contributed by atoms with Gasteiger partial charge in [-0.2, -0.15) is 10.1 Å². The molecule has 2 aromatic rings. The molecule has 0 aromatic carbocycles. The molecule has 0 spiro atoms. The molecule has 0 atom stereocenters. The lowest BCUT2D eigenvalue weighted by Gasteiger charge is -2.21. The summed E-state index contributed by atoms with van der Waals surface area (Å²) in [4.78, 5) is 24.8. The van der Waals surface area contributed by atoms with Crippen molar-refractivity contribution in [2.24, 2.45) is 0 Å². The Bertz CT molecular complexity index is 668. The van der Waals surface area contributed by atoms with Crippen molar-refractivity contribution in [1.82, 2.24) is 29.8 Å². The van der Waals surface area contributed by atoms with Crippen molar-refractivity contribution in [3.8, 4) is 0 Å².